The van der Waals surface area contributed by atoms with Gasteiger partial charge >= 0.3 is 5.97 Å². The minimum absolute atomic E-state index is 0.0339. The summed E-state index contributed by atoms with van der Waals surface area (Å²) < 4.78 is 27.6. The summed E-state index contributed by atoms with van der Waals surface area (Å²) in [5.74, 6) is 1.50. The molecule has 2 aromatic carbocycles. The van der Waals surface area contributed by atoms with Crippen molar-refractivity contribution in [3.05, 3.63) is 24.3 Å². The lowest BCUT2D eigenvalue weighted by molar-refractivity contribution is -0.142. The van der Waals surface area contributed by atoms with E-state index >= 15 is 0 Å². The summed E-state index contributed by atoms with van der Waals surface area (Å²) in [7, 11) is 0. The fourth-order valence-electron chi connectivity index (χ4n) is 2.73. The van der Waals surface area contributed by atoms with E-state index in [-0.39, 0.29) is 25.1 Å². The molecule has 0 amide bonds. The Morgan fingerprint density at radius 1 is 0.923 bits per heavy atom. The van der Waals surface area contributed by atoms with E-state index in [9.17, 15) is 9.90 Å². The Kier molecular flexibility index (Phi) is 3.61. The largest absolute Gasteiger partial charge is 0.507 e. The second-order valence-corrected chi connectivity index (χ2v) is 7.01. The average Bonchev–Trinajstić information content (AvgIpc) is 3.23. The van der Waals surface area contributed by atoms with Gasteiger partial charge in [-0.1, -0.05) is 0 Å². The Balaban J connectivity index is 1.92. The van der Waals surface area contributed by atoms with Crippen LogP contribution in [0.4, 0.5) is 0 Å². The molecule has 0 fully saturated rings. The second-order valence-electron chi connectivity index (χ2n) is 7.01. The number of aromatic hydroxyl groups is 1. The number of phenols is 1. The van der Waals surface area contributed by atoms with Crippen LogP contribution in [-0.4, -0.2) is 24.7 Å². The van der Waals surface area contributed by atoms with Gasteiger partial charge in [0.15, 0.2) is 23.0 Å². The highest BCUT2D eigenvalue weighted by Crippen LogP contribution is 2.55. The van der Waals surface area contributed by atoms with Gasteiger partial charge in [-0.15, -0.1) is 0 Å². The monoisotopic (exact) mass is 358 g/mol. The van der Waals surface area contributed by atoms with Gasteiger partial charge in [0.1, 0.15) is 11.5 Å². The molecule has 7 heteroatoms. The highest BCUT2D eigenvalue weighted by molar-refractivity contribution is 5.91. The first-order valence-electron chi connectivity index (χ1n) is 8.13. The molecular weight excluding hydrogens is 340 g/mol. The van der Waals surface area contributed by atoms with Crippen molar-refractivity contribution < 1.29 is 33.6 Å². The standard InChI is InChI=1S/C19H18O7/c1-19(2,3)18(21)26-11-6-7-13-17(25-9-23-13)15(11)14-10(20)4-5-12-16(14)24-8-22-12/h4-7,20H,8-9H2,1-3H3. The summed E-state index contributed by atoms with van der Waals surface area (Å²) in [4.78, 5) is 12.4. The quantitative estimate of drug-likeness (QED) is 0.650. The van der Waals surface area contributed by atoms with Crippen molar-refractivity contribution in [3.63, 3.8) is 0 Å². The van der Waals surface area contributed by atoms with Crippen molar-refractivity contribution in [1.29, 1.82) is 0 Å². The lowest BCUT2D eigenvalue weighted by atomic mass is 9.96. The van der Waals surface area contributed by atoms with Crippen LogP contribution >= 0.6 is 0 Å². The number of carbonyl (C=O) groups excluding carboxylic acids is 1. The Labute approximate surface area is 150 Å². The first kappa shape index (κ1) is 16.4. The van der Waals surface area contributed by atoms with Crippen LogP contribution in [0.15, 0.2) is 24.3 Å². The van der Waals surface area contributed by atoms with Gasteiger partial charge in [-0.3, -0.25) is 4.79 Å². The van der Waals surface area contributed by atoms with Crippen molar-refractivity contribution in [2.75, 3.05) is 13.6 Å². The highest BCUT2D eigenvalue weighted by atomic mass is 16.7. The zero-order valence-electron chi connectivity index (χ0n) is 14.6. The van der Waals surface area contributed by atoms with E-state index < -0.39 is 11.4 Å². The first-order chi connectivity index (χ1) is 12.4. The van der Waals surface area contributed by atoms with E-state index in [1.165, 1.54) is 6.07 Å². The van der Waals surface area contributed by atoms with Crippen molar-refractivity contribution in [1.82, 2.24) is 0 Å². The molecule has 2 aliphatic heterocycles. The van der Waals surface area contributed by atoms with Crippen LogP contribution in [0.3, 0.4) is 0 Å². The van der Waals surface area contributed by atoms with E-state index in [1.54, 1.807) is 39.0 Å². The molecule has 4 rings (SSSR count). The van der Waals surface area contributed by atoms with E-state index in [4.69, 9.17) is 23.7 Å². The van der Waals surface area contributed by atoms with Crippen LogP contribution < -0.4 is 23.7 Å². The van der Waals surface area contributed by atoms with Gasteiger partial charge in [-0.25, -0.2) is 0 Å². The maximum Gasteiger partial charge on any atom is 0.316 e. The zero-order chi connectivity index (χ0) is 18.5. The highest BCUT2D eigenvalue weighted by Gasteiger charge is 2.33. The third-order valence-corrected chi connectivity index (χ3v) is 4.08. The van der Waals surface area contributed by atoms with Crippen molar-refractivity contribution >= 4 is 5.97 Å². The fraction of sp³-hybridized carbons (Fsp3) is 0.316. The number of benzene rings is 2. The summed E-state index contributed by atoms with van der Waals surface area (Å²) in [5, 5.41) is 10.5. The van der Waals surface area contributed by atoms with Crippen LogP contribution in [-0.2, 0) is 4.79 Å². The first-order valence-corrected chi connectivity index (χ1v) is 8.13. The molecule has 1 N–H and O–H groups in total. The summed E-state index contributed by atoms with van der Waals surface area (Å²) in [6.07, 6.45) is 0. The molecule has 2 aromatic rings. The lowest BCUT2D eigenvalue weighted by Gasteiger charge is -2.19. The van der Waals surface area contributed by atoms with Gasteiger partial charge in [0.05, 0.1) is 16.5 Å². The number of ether oxygens (including phenoxy) is 5. The minimum atomic E-state index is -0.700. The predicted molar refractivity (Wildman–Crippen MR) is 90.9 cm³/mol. The maximum absolute atomic E-state index is 12.4. The molecule has 26 heavy (non-hydrogen) atoms. The summed E-state index contributed by atoms with van der Waals surface area (Å²) >= 11 is 0. The Morgan fingerprint density at radius 2 is 1.50 bits per heavy atom. The van der Waals surface area contributed by atoms with Gasteiger partial charge in [0, 0.05) is 0 Å². The summed E-state index contributed by atoms with van der Waals surface area (Å²) in [6, 6.07) is 6.38. The number of carbonyl (C=O) groups is 1. The van der Waals surface area contributed by atoms with Gasteiger partial charge < -0.3 is 28.8 Å². The maximum atomic E-state index is 12.4. The Morgan fingerprint density at radius 3 is 2.12 bits per heavy atom. The third kappa shape index (κ3) is 2.56. The molecule has 136 valence electrons. The third-order valence-electron chi connectivity index (χ3n) is 4.08. The molecule has 0 atom stereocenters. The molecule has 0 unspecified atom stereocenters. The van der Waals surface area contributed by atoms with Crippen LogP contribution in [0.2, 0.25) is 0 Å². The van der Waals surface area contributed by atoms with Gasteiger partial charge in [0.25, 0.3) is 0 Å². The van der Waals surface area contributed by atoms with Gasteiger partial charge in [-0.05, 0) is 45.0 Å². The number of phenolic OH excluding ortho intramolecular Hbond substituents is 1. The molecule has 2 heterocycles. The molecule has 0 bridgehead atoms. The summed E-state index contributed by atoms with van der Waals surface area (Å²) in [6.45, 7) is 5.35. The van der Waals surface area contributed by atoms with Crippen LogP contribution in [0.1, 0.15) is 20.8 Å². The molecule has 0 saturated carbocycles. The lowest BCUT2D eigenvalue weighted by Crippen LogP contribution is -2.25. The molecule has 0 aliphatic carbocycles. The number of rotatable bonds is 2. The van der Waals surface area contributed by atoms with Crippen molar-refractivity contribution in [2.45, 2.75) is 20.8 Å². The number of esters is 1. The van der Waals surface area contributed by atoms with E-state index in [2.05, 4.69) is 0 Å². The Bertz CT molecular complexity index is 896. The van der Waals surface area contributed by atoms with E-state index in [1.807, 2.05) is 0 Å². The predicted octanol–water partition coefficient (Wildman–Crippen LogP) is 3.47. The summed E-state index contributed by atoms with van der Waals surface area (Å²) in [5.41, 5.74) is 0.0185. The molecule has 0 spiro atoms. The topological polar surface area (TPSA) is 83.5 Å². The second kappa shape index (κ2) is 5.72. The SMILES string of the molecule is CC(C)(C)C(=O)Oc1ccc2c(c1-c1c(O)ccc3c1OCO3)OCO2. The van der Waals surface area contributed by atoms with Gasteiger partial charge in [0.2, 0.25) is 13.6 Å². The number of fused-ring (bicyclic) bond motifs is 2. The average molecular weight is 358 g/mol. The van der Waals surface area contributed by atoms with Crippen LogP contribution in [0.5, 0.6) is 34.5 Å². The van der Waals surface area contributed by atoms with Crippen LogP contribution in [0.25, 0.3) is 11.1 Å². The van der Waals surface area contributed by atoms with Gasteiger partial charge in [-0.2, -0.15) is 0 Å². The minimum Gasteiger partial charge on any atom is -0.507 e. The molecular formula is C19H18O7. The molecule has 0 radical (unpaired) electrons. The molecule has 7 nitrogen and oxygen atoms in total. The smallest absolute Gasteiger partial charge is 0.316 e. The molecule has 0 aromatic heterocycles. The van der Waals surface area contributed by atoms with Crippen LogP contribution in [0, 0.1) is 5.41 Å². The number of hydrogen-bond donors (Lipinski definition) is 1. The molecule has 0 saturated heterocycles. The molecule has 2 aliphatic rings. The Hall–Kier alpha value is -3.09. The zero-order valence-corrected chi connectivity index (χ0v) is 14.6. The van der Waals surface area contributed by atoms with Crippen molar-refractivity contribution in [2.24, 2.45) is 5.41 Å². The normalized spacial score (nSPS) is 14.4. The van der Waals surface area contributed by atoms with E-state index in [0.717, 1.165) is 0 Å². The fourth-order valence-corrected chi connectivity index (χ4v) is 2.73. The van der Waals surface area contributed by atoms with Crippen molar-refractivity contribution in [3.8, 4) is 45.6 Å². The van der Waals surface area contributed by atoms with E-state index in [0.29, 0.717) is 34.1 Å². The number of hydrogen-bond acceptors (Lipinski definition) is 7.